The Morgan fingerprint density at radius 1 is 0.804 bits per heavy atom. The molecule has 1 saturated heterocycles. The molecule has 2 aromatic carbocycles. The lowest BCUT2D eigenvalue weighted by Gasteiger charge is -2.28. The molecular formula is C37H48O9. The zero-order chi connectivity index (χ0) is 32.7. The van der Waals surface area contributed by atoms with E-state index in [-0.39, 0.29) is 12.6 Å². The smallest absolute Gasteiger partial charge is 0.338 e. The van der Waals surface area contributed by atoms with E-state index in [1.54, 1.807) is 0 Å². The standard InChI is InChI=1S/C37H48O9/c1-3-5-23-43-36(41)34-33(35(39)40)45-37(46-34)30-17-15-28(16-18-30)29-19-21-31(22-20-29)44-25-27-13-11-26(12-14-27)10-8-6-7-9-24-42-32(38)4-2/h4,15-22,26-27,33-34,37H,2-3,5-14,23-25H2,1H3,(H,39,40)/t26?,27?,33-,34-,37?/m1/s1. The third kappa shape index (κ3) is 10.7. The number of carbonyl (C=O) groups excluding carboxylic acids is 2. The first-order chi connectivity index (χ1) is 22.4. The van der Waals surface area contributed by atoms with Crippen molar-refractivity contribution in [3.63, 3.8) is 0 Å². The van der Waals surface area contributed by atoms with Crippen LogP contribution in [0.1, 0.15) is 89.4 Å². The maximum Gasteiger partial charge on any atom is 0.338 e. The van der Waals surface area contributed by atoms with Crippen molar-refractivity contribution in [2.24, 2.45) is 11.8 Å². The molecule has 9 heteroatoms. The van der Waals surface area contributed by atoms with Crippen LogP contribution in [0.15, 0.2) is 61.2 Å². The summed E-state index contributed by atoms with van der Waals surface area (Å²) in [6.45, 7) is 6.81. The molecule has 1 N–H and O–H groups in total. The minimum absolute atomic E-state index is 0.216. The largest absolute Gasteiger partial charge is 0.493 e. The number of unbranched alkanes of at least 4 members (excludes halogenated alkanes) is 4. The van der Waals surface area contributed by atoms with Gasteiger partial charge in [-0.2, -0.15) is 0 Å². The van der Waals surface area contributed by atoms with Crippen LogP contribution in [0.2, 0.25) is 0 Å². The van der Waals surface area contributed by atoms with Crippen molar-refractivity contribution >= 4 is 17.9 Å². The molecule has 1 unspecified atom stereocenters. The summed E-state index contributed by atoms with van der Waals surface area (Å²) in [4.78, 5) is 35.2. The van der Waals surface area contributed by atoms with Gasteiger partial charge in [-0.3, -0.25) is 0 Å². The van der Waals surface area contributed by atoms with Crippen LogP contribution in [0.5, 0.6) is 5.75 Å². The molecule has 1 saturated carbocycles. The van der Waals surface area contributed by atoms with Crippen LogP contribution >= 0.6 is 0 Å². The molecule has 1 aliphatic carbocycles. The van der Waals surface area contributed by atoms with Crippen molar-refractivity contribution in [1.82, 2.24) is 0 Å². The minimum atomic E-state index is -1.43. The first-order valence-corrected chi connectivity index (χ1v) is 16.7. The van der Waals surface area contributed by atoms with Crippen LogP contribution in [0.4, 0.5) is 0 Å². The van der Waals surface area contributed by atoms with Crippen molar-refractivity contribution in [1.29, 1.82) is 0 Å². The number of esters is 2. The van der Waals surface area contributed by atoms with Gasteiger partial charge in [-0.25, -0.2) is 14.4 Å². The second-order valence-corrected chi connectivity index (χ2v) is 12.2. The molecule has 0 aromatic heterocycles. The average Bonchev–Trinajstić information content (AvgIpc) is 3.54. The maximum absolute atomic E-state index is 12.4. The average molecular weight is 637 g/mol. The summed E-state index contributed by atoms with van der Waals surface area (Å²) >= 11 is 0. The van der Waals surface area contributed by atoms with E-state index in [1.165, 1.54) is 51.0 Å². The van der Waals surface area contributed by atoms with Crippen molar-refractivity contribution in [2.75, 3.05) is 19.8 Å². The lowest BCUT2D eigenvalue weighted by molar-refractivity contribution is -0.161. The molecule has 1 heterocycles. The third-order valence-corrected chi connectivity index (χ3v) is 8.77. The molecule has 3 atom stereocenters. The molecule has 250 valence electrons. The van der Waals surface area contributed by atoms with Crippen molar-refractivity contribution < 1.29 is 43.2 Å². The summed E-state index contributed by atoms with van der Waals surface area (Å²) in [6.07, 6.45) is 9.68. The zero-order valence-corrected chi connectivity index (χ0v) is 26.9. The Balaban J connectivity index is 1.16. The normalized spacial score (nSPS) is 22.6. The van der Waals surface area contributed by atoms with Gasteiger partial charge in [0.25, 0.3) is 0 Å². The van der Waals surface area contributed by atoms with Crippen LogP contribution < -0.4 is 4.74 Å². The highest BCUT2D eigenvalue weighted by molar-refractivity contribution is 5.85. The molecule has 2 aromatic rings. The highest BCUT2D eigenvalue weighted by Crippen LogP contribution is 2.35. The van der Waals surface area contributed by atoms with Gasteiger partial charge >= 0.3 is 17.9 Å². The number of carboxylic acid groups (broad SMARTS) is 1. The van der Waals surface area contributed by atoms with Crippen molar-refractivity contribution in [3.05, 3.63) is 66.7 Å². The summed E-state index contributed by atoms with van der Waals surface area (Å²) < 4.78 is 27.6. The molecular weight excluding hydrogens is 588 g/mol. The third-order valence-electron chi connectivity index (χ3n) is 8.77. The summed E-state index contributed by atoms with van der Waals surface area (Å²) in [5.74, 6) is -0.0882. The van der Waals surface area contributed by atoms with E-state index in [2.05, 4.69) is 6.58 Å². The molecule has 0 amide bonds. The number of ether oxygens (including phenoxy) is 5. The molecule has 4 rings (SSSR count). The van der Waals surface area contributed by atoms with E-state index in [4.69, 9.17) is 23.7 Å². The number of hydrogen-bond acceptors (Lipinski definition) is 8. The fourth-order valence-corrected chi connectivity index (χ4v) is 5.96. The SMILES string of the molecule is C=CC(=O)OCCCCCCC1CCC(COc2ccc(-c3ccc(C4O[C@@H](C(=O)O)[C@H](C(=O)OCCCC)O4)cc3)cc2)CC1. The van der Waals surface area contributed by atoms with E-state index in [1.807, 2.05) is 55.5 Å². The molecule has 0 radical (unpaired) electrons. The van der Waals surface area contributed by atoms with Gasteiger partial charge < -0.3 is 28.8 Å². The number of rotatable bonds is 18. The zero-order valence-electron chi connectivity index (χ0n) is 26.9. The van der Waals surface area contributed by atoms with E-state index in [9.17, 15) is 19.5 Å². The summed E-state index contributed by atoms with van der Waals surface area (Å²) in [5, 5.41) is 9.54. The Morgan fingerprint density at radius 3 is 2.07 bits per heavy atom. The summed E-state index contributed by atoms with van der Waals surface area (Å²) in [7, 11) is 0. The van der Waals surface area contributed by atoms with Gasteiger partial charge in [0.05, 0.1) is 19.8 Å². The molecule has 0 bridgehead atoms. The number of hydrogen-bond donors (Lipinski definition) is 1. The highest BCUT2D eigenvalue weighted by Gasteiger charge is 2.46. The Kier molecular flexibility index (Phi) is 14.1. The minimum Gasteiger partial charge on any atom is -0.493 e. The fraction of sp³-hybridized carbons (Fsp3) is 0.541. The van der Waals surface area contributed by atoms with E-state index in [0.717, 1.165) is 48.7 Å². The second-order valence-electron chi connectivity index (χ2n) is 12.2. The van der Waals surface area contributed by atoms with Crippen molar-refractivity contribution in [2.45, 2.75) is 96.1 Å². The topological polar surface area (TPSA) is 118 Å². The Morgan fingerprint density at radius 2 is 1.41 bits per heavy atom. The van der Waals surface area contributed by atoms with Gasteiger partial charge in [0.1, 0.15) is 5.75 Å². The van der Waals surface area contributed by atoms with Gasteiger partial charge in [-0.15, -0.1) is 0 Å². The molecule has 9 nitrogen and oxygen atoms in total. The first-order valence-electron chi connectivity index (χ1n) is 16.7. The molecule has 2 fully saturated rings. The predicted molar refractivity (Wildman–Crippen MR) is 173 cm³/mol. The van der Waals surface area contributed by atoms with Gasteiger partial charge in [-0.1, -0.05) is 94.8 Å². The van der Waals surface area contributed by atoms with Crippen LogP contribution in [0.25, 0.3) is 11.1 Å². The van der Waals surface area contributed by atoms with Crippen LogP contribution in [-0.2, 0) is 33.3 Å². The van der Waals surface area contributed by atoms with E-state index < -0.39 is 30.4 Å². The molecule has 1 aliphatic heterocycles. The van der Waals surface area contributed by atoms with Gasteiger partial charge in [0, 0.05) is 11.6 Å². The quantitative estimate of drug-likeness (QED) is 0.101. The fourth-order valence-electron chi connectivity index (χ4n) is 5.96. The number of carbonyl (C=O) groups is 3. The first kappa shape index (κ1) is 35.2. The number of carboxylic acids is 1. The van der Waals surface area contributed by atoms with Gasteiger partial charge in [0.2, 0.25) is 0 Å². The maximum atomic E-state index is 12.4. The second kappa shape index (κ2) is 18.5. The summed E-state index contributed by atoms with van der Waals surface area (Å²) in [6, 6.07) is 15.5. The monoisotopic (exact) mass is 636 g/mol. The number of benzene rings is 2. The van der Waals surface area contributed by atoms with Crippen LogP contribution in [0.3, 0.4) is 0 Å². The summed E-state index contributed by atoms with van der Waals surface area (Å²) in [5.41, 5.74) is 2.62. The number of aliphatic carboxylic acids is 1. The lowest BCUT2D eigenvalue weighted by Crippen LogP contribution is -2.38. The van der Waals surface area contributed by atoms with Gasteiger partial charge in [0.15, 0.2) is 18.5 Å². The van der Waals surface area contributed by atoms with E-state index >= 15 is 0 Å². The van der Waals surface area contributed by atoms with Crippen molar-refractivity contribution in [3.8, 4) is 16.9 Å². The lowest BCUT2D eigenvalue weighted by atomic mass is 9.80. The predicted octanol–water partition coefficient (Wildman–Crippen LogP) is 7.43. The Hall–Kier alpha value is -3.69. The van der Waals surface area contributed by atoms with Crippen LogP contribution in [-0.4, -0.2) is 55.0 Å². The molecule has 46 heavy (non-hydrogen) atoms. The van der Waals surface area contributed by atoms with E-state index in [0.29, 0.717) is 24.5 Å². The molecule has 0 spiro atoms. The Bertz CT molecular complexity index is 1250. The highest BCUT2D eigenvalue weighted by atomic mass is 16.7. The Labute approximate surface area is 272 Å². The van der Waals surface area contributed by atoms with Gasteiger partial charge in [-0.05, 0) is 60.8 Å². The molecule has 2 aliphatic rings. The van der Waals surface area contributed by atoms with Crippen LogP contribution in [0, 0.1) is 11.8 Å².